The summed E-state index contributed by atoms with van der Waals surface area (Å²) >= 11 is 0. The van der Waals surface area contributed by atoms with Gasteiger partial charge in [-0.25, -0.2) is 0 Å². The summed E-state index contributed by atoms with van der Waals surface area (Å²) in [7, 11) is 0. The van der Waals surface area contributed by atoms with Crippen LogP contribution in [-0.4, -0.2) is 17.0 Å². The van der Waals surface area contributed by atoms with Gasteiger partial charge in [-0.15, -0.1) is 0 Å². The third-order valence-electron chi connectivity index (χ3n) is 5.37. The van der Waals surface area contributed by atoms with Crippen LogP contribution in [0, 0.1) is 0 Å². The lowest BCUT2D eigenvalue weighted by Gasteiger charge is -2.14. The Labute approximate surface area is 177 Å². The standard InChI is InChI=1S/C27H27NO2/c29-25(15-8-12-22-10-2-1-3-11-22)27-24-14-5-4-13-23(24)16-17-26(27)30-21-9-20-28-18-6-7-19-28/h1-7,10-11,13-14,16-19H,8-9,12,15,20-21H2. The minimum Gasteiger partial charge on any atom is -0.493 e. The van der Waals surface area contributed by atoms with Crippen LogP contribution >= 0.6 is 0 Å². The number of carbonyl (C=O) groups excluding carboxylic acids is 1. The van der Waals surface area contributed by atoms with Crippen molar-refractivity contribution >= 4 is 16.6 Å². The van der Waals surface area contributed by atoms with Gasteiger partial charge in [-0.3, -0.25) is 4.79 Å². The Bertz CT molecular complexity index is 1080. The number of ether oxygens (including phenoxy) is 1. The number of nitrogens with zero attached hydrogens (tertiary/aromatic N) is 1. The van der Waals surface area contributed by atoms with Crippen molar-refractivity contribution in [1.82, 2.24) is 4.57 Å². The Kier molecular flexibility index (Phi) is 6.61. The summed E-state index contributed by atoms with van der Waals surface area (Å²) in [5.41, 5.74) is 1.99. The number of aromatic nitrogens is 1. The lowest BCUT2D eigenvalue weighted by Crippen LogP contribution is -2.08. The summed E-state index contributed by atoms with van der Waals surface area (Å²) in [5.74, 6) is 0.856. The quantitative estimate of drug-likeness (QED) is 0.232. The maximum absolute atomic E-state index is 13.2. The molecule has 0 saturated heterocycles. The van der Waals surface area contributed by atoms with Gasteiger partial charge in [-0.05, 0) is 53.8 Å². The zero-order valence-corrected chi connectivity index (χ0v) is 17.2. The first kappa shape index (κ1) is 20.0. The number of hydrogen-bond acceptors (Lipinski definition) is 2. The Balaban J connectivity index is 1.46. The van der Waals surface area contributed by atoms with Crippen LogP contribution in [0.1, 0.15) is 35.2 Å². The second kappa shape index (κ2) is 9.93. The van der Waals surface area contributed by atoms with Gasteiger partial charge in [-0.1, -0.05) is 60.7 Å². The third kappa shape index (κ3) is 4.98. The molecule has 0 radical (unpaired) electrons. The molecule has 0 spiro atoms. The number of carbonyl (C=O) groups is 1. The molecule has 0 saturated carbocycles. The lowest BCUT2D eigenvalue weighted by molar-refractivity contribution is 0.0978. The molecule has 3 nitrogen and oxygen atoms in total. The Hall–Kier alpha value is -3.33. The number of fused-ring (bicyclic) bond motifs is 1. The van der Waals surface area contributed by atoms with Crippen LogP contribution in [0.3, 0.4) is 0 Å². The maximum atomic E-state index is 13.2. The third-order valence-corrected chi connectivity index (χ3v) is 5.37. The van der Waals surface area contributed by atoms with Gasteiger partial charge in [0.15, 0.2) is 5.78 Å². The highest BCUT2D eigenvalue weighted by Crippen LogP contribution is 2.30. The van der Waals surface area contributed by atoms with Gasteiger partial charge in [0.2, 0.25) is 0 Å². The zero-order chi connectivity index (χ0) is 20.6. The molecule has 0 aliphatic carbocycles. The predicted octanol–water partition coefficient (Wildman–Crippen LogP) is 6.32. The monoisotopic (exact) mass is 397 g/mol. The van der Waals surface area contributed by atoms with Crippen molar-refractivity contribution in [3.8, 4) is 5.75 Å². The molecule has 0 aliphatic rings. The van der Waals surface area contributed by atoms with Crippen LogP contribution in [-0.2, 0) is 13.0 Å². The van der Waals surface area contributed by atoms with Gasteiger partial charge in [0.05, 0.1) is 12.2 Å². The van der Waals surface area contributed by atoms with Crippen molar-refractivity contribution in [3.63, 3.8) is 0 Å². The molecule has 0 bridgehead atoms. The number of ketones is 1. The second-order valence-corrected chi connectivity index (χ2v) is 7.55. The molecule has 0 N–H and O–H groups in total. The fourth-order valence-corrected chi connectivity index (χ4v) is 3.83. The van der Waals surface area contributed by atoms with Crippen LogP contribution < -0.4 is 4.74 Å². The van der Waals surface area contributed by atoms with E-state index in [2.05, 4.69) is 29.1 Å². The van der Waals surface area contributed by atoms with E-state index in [1.54, 1.807) is 0 Å². The van der Waals surface area contributed by atoms with Crippen LogP contribution in [0.25, 0.3) is 10.8 Å². The van der Waals surface area contributed by atoms with Crippen molar-refractivity contribution in [1.29, 1.82) is 0 Å². The maximum Gasteiger partial charge on any atom is 0.167 e. The summed E-state index contributed by atoms with van der Waals surface area (Å²) in [6, 6.07) is 26.4. The fourth-order valence-electron chi connectivity index (χ4n) is 3.83. The summed E-state index contributed by atoms with van der Waals surface area (Å²) in [5, 5.41) is 2.05. The molecule has 1 heterocycles. The van der Waals surface area contributed by atoms with Crippen LogP contribution in [0.15, 0.2) is 91.3 Å². The molecular formula is C27H27NO2. The zero-order valence-electron chi connectivity index (χ0n) is 17.2. The molecule has 0 fully saturated rings. The molecule has 4 aromatic rings. The molecule has 0 aliphatic heterocycles. The summed E-state index contributed by atoms with van der Waals surface area (Å²) < 4.78 is 8.23. The van der Waals surface area contributed by atoms with E-state index in [1.165, 1.54) is 5.56 Å². The highest BCUT2D eigenvalue weighted by molar-refractivity contribution is 6.10. The molecule has 30 heavy (non-hydrogen) atoms. The van der Waals surface area contributed by atoms with Crippen LogP contribution in [0.2, 0.25) is 0 Å². The van der Waals surface area contributed by atoms with E-state index in [1.807, 2.05) is 66.7 Å². The Morgan fingerprint density at radius 2 is 1.57 bits per heavy atom. The van der Waals surface area contributed by atoms with Gasteiger partial charge in [0.1, 0.15) is 5.75 Å². The van der Waals surface area contributed by atoms with Gasteiger partial charge < -0.3 is 9.30 Å². The molecule has 3 aromatic carbocycles. The van der Waals surface area contributed by atoms with E-state index in [4.69, 9.17) is 4.74 Å². The molecule has 1 aromatic heterocycles. The number of rotatable bonds is 10. The molecule has 4 rings (SSSR count). The van der Waals surface area contributed by atoms with E-state index < -0.39 is 0 Å². The number of Topliss-reactive ketones (excluding diaryl/α,β-unsaturated/α-hetero) is 1. The first-order valence-corrected chi connectivity index (χ1v) is 10.6. The largest absolute Gasteiger partial charge is 0.493 e. The van der Waals surface area contributed by atoms with Crippen molar-refractivity contribution in [2.45, 2.75) is 32.2 Å². The second-order valence-electron chi connectivity index (χ2n) is 7.55. The topological polar surface area (TPSA) is 31.2 Å². The highest BCUT2D eigenvalue weighted by atomic mass is 16.5. The molecule has 0 unspecified atom stereocenters. The first-order chi connectivity index (χ1) is 14.8. The van der Waals surface area contributed by atoms with Crippen molar-refractivity contribution in [2.75, 3.05) is 6.61 Å². The summed E-state index contributed by atoms with van der Waals surface area (Å²) in [6.45, 7) is 1.49. The minimum atomic E-state index is 0.156. The molecule has 0 amide bonds. The Morgan fingerprint density at radius 3 is 2.40 bits per heavy atom. The first-order valence-electron chi connectivity index (χ1n) is 10.6. The van der Waals surface area contributed by atoms with Crippen molar-refractivity contribution in [2.24, 2.45) is 0 Å². The normalized spacial score (nSPS) is 10.9. The average Bonchev–Trinajstić information content (AvgIpc) is 3.30. The van der Waals surface area contributed by atoms with Crippen molar-refractivity contribution in [3.05, 3.63) is 102 Å². The smallest absolute Gasteiger partial charge is 0.167 e. The lowest BCUT2D eigenvalue weighted by atomic mass is 9.96. The Morgan fingerprint density at radius 1 is 0.800 bits per heavy atom. The SMILES string of the molecule is O=C(CCCc1ccccc1)c1c(OCCCn2cccc2)ccc2ccccc12. The number of aryl methyl sites for hydroxylation is 2. The van der Waals surface area contributed by atoms with E-state index in [9.17, 15) is 4.79 Å². The number of benzene rings is 3. The average molecular weight is 398 g/mol. The van der Waals surface area contributed by atoms with E-state index in [0.717, 1.165) is 42.1 Å². The van der Waals surface area contributed by atoms with Crippen LogP contribution in [0.5, 0.6) is 5.75 Å². The van der Waals surface area contributed by atoms with Gasteiger partial charge in [-0.2, -0.15) is 0 Å². The van der Waals surface area contributed by atoms with Gasteiger partial charge in [0, 0.05) is 25.4 Å². The summed E-state index contributed by atoms with van der Waals surface area (Å²) in [4.78, 5) is 13.2. The van der Waals surface area contributed by atoms with Gasteiger partial charge in [0.25, 0.3) is 0 Å². The van der Waals surface area contributed by atoms with Crippen LogP contribution in [0.4, 0.5) is 0 Å². The van der Waals surface area contributed by atoms with E-state index in [0.29, 0.717) is 18.8 Å². The molecular weight excluding hydrogens is 370 g/mol. The molecule has 152 valence electrons. The number of hydrogen-bond donors (Lipinski definition) is 0. The summed E-state index contributed by atoms with van der Waals surface area (Å²) in [6.07, 6.45) is 7.25. The van der Waals surface area contributed by atoms with E-state index in [-0.39, 0.29) is 5.78 Å². The predicted molar refractivity (Wildman–Crippen MR) is 122 cm³/mol. The minimum absolute atomic E-state index is 0.156. The van der Waals surface area contributed by atoms with Crippen molar-refractivity contribution < 1.29 is 9.53 Å². The molecule has 3 heteroatoms. The molecule has 0 atom stereocenters. The van der Waals surface area contributed by atoms with E-state index >= 15 is 0 Å². The fraction of sp³-hybridized carbons (Fsp3) is 0.222. The van der Waals surface area contributed by atoms with Gasteiger partial charge >= 0.3 is 0 Å². The highest BCUT2D eigenvalue weighted by Gasteiger charge is 2.16.